The molecule has 3 heteroatoms. The van der Waals surface area contributed by atoms with Crippen molar-refractivity contribution >= 4 is 5.78 Å². The zero-order valence-corrected chi connectivity index (χ0v) is 11.0. The first-order valence-electron chi connectivity index (χ1n) is 4.94. The largest absolute Gasteiger partial charge is 1.00 e. The molecule has 0 spiro atoms. The minimum atomic E-state index is 0. The number of rotatable bonds is 2. The fourth-order valence-electron chi connectivity index (χ4n) is 2.10. The van der Waals surface area contributed by atoms with Crippen LogP contribution in [-0.2, 0) is 4.79 Å². The van der Waals surface area contributed by atoms with Gasteiger partial charge < -0.3 is 28.5 Å². The summed E-state index contributed by atoms with van der Waals surface area (Å²) in [5.74, 6) is 0.453. The van der Waals surface area contributed by atoms with Crippen LogP contribution < -0.4 is 24.0 Å². The molecule has 2 unspecified atom stereocenters. The summed E-state index contributed by atoms with van der Waals surface area (Å²) in [4.78, 5) is 11.2. The van der Waals surface area contributed by atoms with Gasteiger partial charge in [0.05, 0.1) is 39.0 Å². The van der Waals surface area contributed by atoms with Gasteiger partial charge in [-0.3, -0.25) is 4.79 Å². The van der Waals surface area contributed by atoms with Gasteiger partial charge in [0, 0.05) is 0 Å². The number of quaternary nitrogens is 1. The van der Waals surface area contributed by atoms with E-state index in [1.807, 2.05) is 0 Å². The Morgan fingerprint density at radius 1 is 1.54 bits per heavy atom. The first-order chi connectivity index (χ1) is 5.58. The number of carbonyl (C=O) groups is 1. The van der Waals surface area contributed by atoms with E-state index in [-0.39, 0.29) is 24.0 Å². The summed E-state index contributed by atoms with van der Waals surface area (Å²) in [6.45, 7) is 6.68. The van der Waals surface area contributed by atoms with Crippen molar-refractivity contribution in [1.29, 1.82) is 0 Å². The van der Waals surface area contributed by atoms with Gasteiger partial charge in [-0.05, 0) is 13.3 Å². The average molecular weight is 297 g/mol. The number of likely N-dealkylation sites (tertiary alicyclic amines) is 1. The molecular weight excluding hydrogens is 277 g/mol. The van der Waals surface area contributed by atoms with Crippen molar-refractivity contribution in [3.8, 4) is 0 Å². The minimum Gasteiger partial charge on any atom is -1.00 e. The number of Topliss-reactive ketones (excluding diaryl/α,β-unsaturated/α-hetero) is 1. The van der Waals surface area contributed by atoms with Crippen LogP contribution in [0.3, 0.4) is 0 Å². The van der Waals surface area contributed by atoms with Gasteiger partial charge in [0.2, 0.25) is 0 Å². The van der Waals surface area contributed by atoms with E-state index in [9.17, 15) is 4.79 Å². The molecule has 0 aliphatic carbocycles. The van der Waals surface area contributed by atoms with Crippen molar-refractivity contribution < 1.29 is 33.3 Å². The van der Waals surface area contributed by atoms with Crippen LogP contribution in [0.4, 0.5) is 0 Å². The number of carbonyl (C=O) groups excluding carboxylic acids is 1. The van der Waals surface area contributed by atoms with E-state index in [0.717, 1.165) is 23.9 Å². The van der Waals surface area contributed by atoms with Crippen LogP contribution in [0.5, 0.6) is 0 Å². The summed E-state index contributed by atoms with van der Waals surface area (Å²) in [5, 5.41) is 0. The van der Waals surface area contributed by atoms with Crippen LogP contribution in [0.2, 0.25) is 0 Å². The molecule has 1 fully saturated rings. The van der Waals surface area contributed by atoms with Crippen LogP contribution in [-0.4, -0.2) is 36.4 Å². The highest BCUT2D eigenvalue weighted by Gasteiger charge is 2.34. The average Bonchev–Trinajstić information content (AvgIpc) is 1.99. The maximum atomic E-state index is 11.2. The van der Waals surface area contributed by atoms with Gasteiger partial charge in [0.15, 0.2) is 0 Å². The van der Waals surface area contributed by atoms with Crippen molar-refractivity contribution in [1.82, 2.24) is 0 Å². The summed E-state index contributed by atoms with van der Waals surface area (Å²) in [7, 11) is 2.28. The van der Waals surface area contributed by atoms with E-state index in [0.29, 0.717) is 11.8 Å². The van der Waals surface area contributed by atoms with E-state index in [1.165, 1.54) is 13.0 Å². The Kier molecular flexibility index (Phi) is 5.44. The van der Waals surface area contributed by atoms with Crippen LogP contribution >= 0.6 is 0 Å². The van der Waals surface area contributed by atoms with Gasteiger partial charge in [0.25, 0.3) is 0 Å². The highest BCUT2D eigenvalue weighted by molar-refractivity contribution is 5.79. The Morgan fingerprint density at radius 2 is 2.15 bits per heavy atom. The molecule has 13 heavy (non-hydrogen) atoms. The topological polar surface area (TPSA) is 17.1 Å². The SMILES string of the molecule is CCC[N+]1(C)CCC(=O)CC1C.[I-]. The fraction of sp³-hybridized carbons (Fsp3) is 0.900. The second kappa shape index (κ2) is 5.29. The quantitative estimate of drug-likeness (QED) is 0.452. The third-order valence-electron chi connectivity index (χ3n) is 3.22. The number of halogens is 1. The third kappa shape index (κ3) is 3.20. The lowest BCUT2D eigenvalue weighted by atomic mass is 9.99. The van der Waals surface area contributed by atoms with Gasteiger partial charge in [0.1, 0.15) is 5.78 Å². The molecule has 78 valence electrons. The zero-order chi connectivity index (χ0) is 9.19. The Balaban J connectivity index is 0.00000144. The van der Waals surface area contributed by atoms with Crippen molar-refractivity contribution in [2.24, 2.45) is 0 Å². The molecule has 1 heterocycles. The smallest absolute Gasteiger partial charge is 0.144 e. The molecule has 0 radical (unpaired) electrons. The van der Waals surface area contributed by atoms with Crippen molar-refractivity contribution in [2.45, 2.75) is 39.2 Å². The second-order valence-electron chi connectivity index (χ2n) is 4.27. The van der Waals surface area contributed by atoms with E-state index >= 15 is 0 Å². The van der Waals surface area contributed by atoms with Gasteiger partial charge in [-0.25, -0.2) is 0 Å². The Hall–Kier alpha value is 0.360. The molecule has 2 atom stereocenters. The summed E-state index contributed by atoms with van der Waals surface area (Å²) in [5.41, 5.74) is 0. The highest BCUT2D eigenvalue weighted by atomic mass is 127. The molecule has 2 nitrogen and oxygen atoms in total. The number of piperidine rings is 1. The van der Waals surface area contributed by atoms with Crippen molar-refractivity contribution in [3.63, 3.8) is 0 Å². The van der Waals surface area contributed by atoms with Crippen LogP contribution in [0, 0.1) is 0 Å². The van der Waals surface area contributed by atoms with Gasteiger partial charge in [-0.15, -0.1) is 0 Å². The molecule has 0 aromatic rings. The monoisotopic (exact) mass is 297 g/mol. The summed E-state index contributed by atoms with van der Waals surface area (Å²) in [6.07, 6.45) is 2.80. The van der Waals surface area contributed by atoms with Gasteiger partial charge >= 0.3 is 0 Å². The van der Waals surface area contributed by atoms with E-state index in [4.69, 9.17) is 0 Å². The van der Waals surface area contributed by atoms with E-state index in [1.54, 1.807) is 0 Å². The predicted octanol–water partition coefficient (Wildman–Crippen LogP) is -1.40. The summed E-state index contributed by atoms with van der Waals surface area (Å²) in [6, 6.07) is 0.534. The second-order valence-corrected chi connectivity index (χ2v) is 4.27. The summed E-state index contributed by atoms with van der Waals surface area (Å²) < 4.78 is 1.10. The van der Waals surface area contributed by atoms with E-state index in [2.05, 4.69) is 20.9 Å². The van der Waals surface area contributed by atoms with Crippen molar-refractivity contribution in [3.05, 3.63) is 0 Å². The lowest BCUT2D eigenvalue weighted by molar-refractivity contribution is -0.933. The summed E-state index contributed by atoms with van der Waals surface area (Å²) >= 11 is 0. The fourth-order valence-corrected chi connectivity index (χ4v) is 2.10. The molecule has 0 aromatic carbocycles. The molecule has 0 saturated carbocycles. The zero-order valence-electron chi connectivity index (χ0n) is 8.85. The molecule has 1 aliphatic heterocycles. The van der Waals surface area contributed by atoms with Gasteiger partial charge in [-0.2, -0.15) is 0 Å². The maximum Gasteiger partial charge on any atom is 0.144 e. The first-order valence-corrected chi connectivity index (χ1v) is 4.94. The molecule has 0 N–H and O–H groups in total. The molecule has 0 amide bonds. The Morgan fingerprint density at radius 3 is 2.62 bits per heavy atom. The molecule has 1 rings (SSSR count). The first kappa shape index (κ1) is 13.4. The van der Waals surface area contributed by atoms with Crippen LogP contribution in [0.25, 0.3) is 0 Å². The Labute approximate surface area is 98.3 Å². The third-order valence-corrected chi connectivity index (χ3v) is 3.22. The van der Waals surface area contributed by atoms with E-state index < -0.39 is 0 Å². The number of hydrogen-bond acceptors (Lipinski definition) is 1. The number of hydrogen-bond donors (Lipinski definition) is 0. The highest BCUT2D eigenvalue weighted by Crippen LogP contribution is 2.21. The molecule has 0 bridgehead atoms. The maximum absolute atomic E-state index is 11.2. The van der Waals surface area contributed by atoms with Gasteiger partial charge in [-0.1, -0.05) is 6.92 Å². The normalized spacial score (nSPS) is 34.1. The lowest BCUT2D eigenvalue weighted by Gasteiger charge is -2.42. The number of nitrogens with zero attached hydrogens (tertiary/aromatic N) is 1. The molecule has 1 saturated heterocycles. The molecular formula is C10H20INO. The standard InChI is InChI=1S/C10H20NO.HI/c1-4-6-11(3)7-5-10(12)8-9(11)2;/h9H,4-8H2,1-3H3;1H/q+1;/p-1. The minimum absolute atomic E-state index is 0. The van der Waals surface area contributed by atoms with Crippen LogP contribution in [0.15, 0.2) is 0 Å². The molecule has 1 aliphatic rings. The van der Waals surface area contributed by atoms with Crippen LogP contribution in [0.1, 0.15) is 33.1 Å². The van der Waals surface area contributed by atoms with Crippen molar-refractivity contribution in [2.75, 3.05) is 20.1 Å². The Bertz CT molecular complexity index is 184. The number of ketones is 1. The molecule has 0 aromatic heterocycles. The predicted molar refractivity (Wildman–Crippen MR) is 49.9 cm³/mol. The lowest BCUT2D eigenvalue weighted by Crippen LogP contribution is -3.00.